The fraction of sp³-hybridized carbons (Fsp3) is 0.375. The molecule has 1 fully saturated rings. The van der Waals surface area contributed by atoms with Gasteiger partial charge in [-0.05, 0) is 56.5 Å². The quantitative estimate of drug-likeness (QED) is 0.573. The Hall–Kier alpha value is -3.35. The van der Waals surface area contributed by atoms with Crippen LogP contribution in [0.2, 0.25) is 0 Å². The Morgan fingerprint density at radius 1 is 1.16 bits per heavy atom. The first-order valence-electron chi connectivity index (χ1n) is 10.8. The molecule has 2 N–H and O–H groups in total. The smallest absolute Gasteiger partial charge is 0.251 e. The Labute approximate surface area is 181 Å². The van der Waals surface area contributed by atoms with Gasteiger partial charge in [0.2, 0.25) is 5.91 Å². The van der Waals surface area contributed by atoms with Gasteiger partial charge in [-0.2, -0.15) is 0 Å². The van der Waals surface area contributed by atoms with E-state index in [9.17, 15) is 9.59 Å². The molecule has 4 rings (SSSR count). The Kier molecular flexibility index (Phi) is 6.50. The van der Waals surface area contributed by atoms with Crippen molar-refractivity contribution in [2.45, 2.75) is 38.6 Å². The number of likely N-dealkylation sites (tertiary alicyclic amines) is 1. The number of amides is 2. The summed E-state index contributed by atoms with van der Waals surface area (Å²) in [7, 11) is 0. The van der Waals surface area contributed by atoms with Crippen LogP contribution in [0.5, 0.6) is 5.75 Å². The van der Waals surface area contributed by atoms with Crippen LogP contribution in [0.4, 0.5) is 0 Å². The monoisotopic (exact) mass is 420 g/mol. The second-order valence-electron chi connectivity index (χ2n) is 8.03. The van der Waals surface area contributed by atoms with Gasteiger partial charge in [0.15, 0.2) is 0 Å². The van der Waals surface area contributed by atoms with Crippen molar-refractivity contribution in [1.82, 2.24) is 20.2 Å². The summed E-state index contributed by atoms with van der Waals surface area (Å²) in [5.41, 5.74) is 3.50. The molecule has 1 aliphatic rings. The topological polar surface area (TPSA) is 87.3 Å². The Morgan fingerprint density at radius 3 is 2.71 bits per heavy atom. The normalized spacial score (nSPS) is 14.5. The van der Waals surface area contributed by atoms with E-state index in [4.69, 9.17) is 4.74 Å². The van der Waals surface area contributed by atoms with Crippen molar-refractivity contribution in [1.29, 1.82) is 0 Å². The molecule has 31 heavy (non-hydrogen) atoms. The summed E-state index contributed by atoms with van der Waals surface area (Å²) >= 11 is 0. The van der Waals surface area contributed by atoms with E-state index in [1.807, 2.05) is 48.2 Å². The minimum Gasteiger partial charge on any atom is -0.494 e. The predicted octanol–water partition coefficient (Wildman–Crippen LogP) is 3.45. The third-order valence-corrected chi connectivity index (χ3v) is 5.69. The van der Waals surface area contributed by atoms with Crippen molar-refractivity contribution in [3.63, 3.8) is 0 Å². The number of carbonyl (C=O) groups is 2. The lowest BCUT2D eigenvalue weighted by atomic mass is 10.0. The molecule has 7 nitrogen and oxygen atoms in total. The molecular formula is C24H28N4O3. The number of nitrogens with zero attached hydrogens (tertiary/aromatic N) is 2. The fourth-order valence-electron chi connectivity index (χ4n) is 3.82. The van der Waals surface area contributed by atoms with Gasteiger partial charge >= 0.3 is 0 Å². The second kappa shape index (κ2) is 9.64. The number of imidazole rings is 1. The van der Waals surface area contributed by atoms with Crippen LogP contribution in [-0.4, -0.2) is 52.4 Å². The van der Waals surface area contributed by atoms with Crippen LogP contribution in [0.1, 0.15) is 41.6 Å². The molecule has 1 saturated heterocycles. The molecule has 0 radical (unpaired) electrons. The molecule has 3 aromatic rings. The third-order valence-electron chi connectivity index (χ3n) is 5.69. The Balaban J connectivity index is 1.17. The van der Waals surface area contributed by atoms with Crippen LogP contribution >= 0.6 is 0 Å². The summed E-state index contributed by atoms with van der Waals surface area (Å²) in [6.45, 7) is 3.91. The molecule has 0 bridgehead atoms. The second-order valence-corrected chi connectivity index (χ2v) is 8.03. The number of aryl methyl sites for hydroxylation is 1. The zero-order valence-electron chi connectivity index (χ0n) is 17.8. The molecule has 1 aliphatic heterocycles. The first kappa shape index (κ1) is 20.9. The molecule has 0 spiro atoms. The molecule has 0 atom stereocenters. The molecule has 0 unspecified atom stereocenters. The zero-order chi connectivity index (χ0) is 21.6. The summed E-state index contributed by atoms with van der Waals surface area (Å²) in [5, 5.41) is 3.09. The molecule has 2 aromatic carbocycles. The lowest BCUT2D eigenvalue weighted by Gasteiger charge is -2.32. The zero-order valence-corrected chi connectivity index (χ0v) is 17.8. The van der Waals surface area contributed by atoms with Crippen LogP contribution in [0.3, 0.4) is 0 Å². The maximum absolute atomic E-state index is 12.6. The van der Waals surface area contributed by atoms with E-state index < -0.39 is 0 Å². The molecular weight excluding hydrogens is 392 g/mol. The van der Waals surface area contributed by atoms with E-state index in [0.29, 0.717) is 38.1 Å². The number of H-pyrrole nitrogens is 1. The van der Waals surface area contributed by atoms with Gasteiger partial charge in [-0.15, -0.1) is 0 Å². The number of hydrogen-bond acceptors (Lipinski definition) is 4. The number of aromatic nitrogens is 2. The largest absolute Gasteiger partial charge is 0.494 e. The summed E-state index contributed by atoms with van der Waals surface area (Å²) in [4.78, 5) is 34.1. The number of carbonyl (C=O) groups excluding carboxylic acids is 2. The average Bonchev–Trinajstić information content (AvgIpc) is 3.26. The number of hydrogen-bond donors (Lipinski definition) is 2. The van der Waals surface area contributed by atoms with E-state index in [1.54, 1.807) is 12.4 Å². The molecule has 0 saturated carbocycles. The van der Waals surface area contributed by atoms with Gasteiger partial charge in [0.25, 0.3) is 5.91 Å². The van der Waals surface area contributed by atoms with E-state index in [1.165, 1.54) is 5.56 Å². The molecule has 2 amide bonds. The van der Waals surface area contributed by atoms with Gasteiger partial charge in [0, 0.05) is 31.1 Å². The minimum absolute atomic E-state index is 0.0823. The van der Waals surface area contributed by atoms with E-state index in [0.717, 1.165) is 29.6 Å². The Morgan fingerprint density at radius 2 is 1.94 bits per heavy atom. The number of benzene rings is 2. The lowest BCUT2D eigenvalue weighted by Crippen LogP contribution is -2.46. The van der Waals surface area contributed by atoms with Crippen molar-refractivity contribution in [2.24, 2.45) is 0 Å². The summed E-state index contributed by atoms with van der Waals surface area (Å²) < 4.78 is 5.70. The number of piperidine rings is 1. The summed E-state index contributed by atoms with van der Waals surface area (Å²) in [5.74, 6) is 0.901. The summed E-state index contributed by atoms with van der Waals surface area (Å²) in [6, 6.07) is 13.4. The van der Waals surface area contributed by atoms with Crippen LogP contribution in [0.15, 0.2) is 48.8 Å². The minimum atomic E-state index is -0.0884. The van der Waals surface area contributed by atoms with Crippen molar-refractivity contribution in [3.05, 3.63) is 59.9 Å². The van der Waals surface area contributed by atoms with Crippen molar-refractivity contribution in [2.75, 3.05) is 19.7 Å². The van der Waals surface area contributed by atoms with Crippen molar-refractivity contribution >= 4 is 22.8 Å². The SMILES string of the molecule is Cc1ccc(OCCCC(=O)N2CCC(NC(=O)c3ccc4nc[nH]c4c3)CC2)cc1. The van der Waals surface area contributed by atoms with Gasteiger partial charge in [-0.1, -0.05) is 17.7 Å². The highest BCUT2D eigenvalue weighted by atomic mass is 16.5. The number of ether oxygens (including phenoxy) is 1. The summed E-state index contributed by atoms with van der Waals surface area (Å²) in [6.07, 6.45) is 4.33. The first-order valence-corrected chi connectivity index (χ1v) is 10.8. The maximum Gasteiger partial charge on any atom is 0.251 e. The maximum atomic E-state index is 12.6. The predicted molar refractivity (Wildman–Crippen MR) is 119 cm³/mol. The lowest BCUT2D eigenvalue weighted by molar-refractivity contribution is -0.132. The molecule has 2 heterocycles. The van der Waals surface area contributed by atoms with Crippen molar-refractivity contribution in [3.8, 4) is 5.75 Å². The van der Waals surface area contributed by atoms with Crippen LogP contribution in [0, 0.1) is 6.92 Å². The van der Waals surface area contributed by atoms with Gasteiger partial charge in [0.05, 0.1) is 24.0 Å². The highest BCUT2D eigenvalue weighted by Crippen LogP contribution is 2.16. The van der Waals surface area contributed by atoms with Gasteiger partial charge in [0.1, 0.15) is 5.75 Å². The molecule has 162 valence electrons. The van der Waals surface area contributed by atoms with E-state index in [2.05, 4.69) is 15.3 Å². The Bertz CT molecular complexity index is 1040. The number of rotatable bonds is 7. The molecule has 7 heteroatoms. The number of nitrogens with one attached hydrogen (secondary N) is 2. The number of aromatic amines is 1. The third kappa shape index (κ3) is 5.42. The molecule has 1 aromatic heterocycles. The molecule has 0 aliphatic carbocycles. The number of fused-ring (bicyclic) bond motifs is 1. The van der Waals surface area contributed by atoms with Crippen LogP contribution < -0.4 is 10.1 Å². The fourth-order valence-corrected chi connectivity index (χ4v) is 3.82. The average molecular weight is 421 g/mol. The highest BCUT2D eigenvalue weighted by Gasteiger charge is 2.24. The standard InChI is InChI=1S/C24H28N4O3/c1-17-4-7-20(8-5-17)31-14-2-3-23(29)28-12-10-19(11-13-28)27-24(30)18-6-9-21-22(15-18)26-16-25-21/h4-9,15-16,19H,2-3,10-14H2,1H3,(H,25,26)(H,27,30). The van der Waals surface area contributed by atoms with Gasteiger partial charge in [-0.25, -0.2) is 4.98 Å². The van der Waals surface area contributed by atoms with E-state index >= 15 is 0 Å². The van der Waals surface area contributed by atoms with E-state index in [-0.39, 0.29) is 17.9 Å². The van der Waals surface area contributed by atoms with Crippen molar-refractivity contribution < 1.29 is 14.3 Å². The first-order chi connectivity index (χ1) is 15.1. The highest BCUT2D eigenvalue weighted by molar-refractivity contribution is 5.97. The van der Waals surface area contributed by atoms with Crippen LogP contribution in [-0.2, 0) is 4.79 Å². The van der Waals surface area contributed by atoms with Crippen LogP contribution in [0.25, 0.3) is 11.0 Å². The van der Waals surface area contributed by atoms with Gasteiger partial charge < -0.3 is 19.9 Å². The van der Waals surface area contributed by atoms with Gasteiger partial charge in [-0.3, -0.25) is 9.59 Å².